The lowest BCUT2D eigenvalue weighted by atomic mass is 9.91. The van der Waals surface area contributed by atoms with E-state index in [0.717, 1.165) is 84.4 Å². The Labute approximate surface area is 411 Å². The Morgan fingerprint density at radius 1 is 0.229 bits per heavy atom. The van der Waals surface area contributed by atoms with Crippen LogP contribution in [0, 0.1) is 0 Å². The van der Waals surface area contributed by atoms with E-state index in [2.05, 4.69) is 295 Å². The Morgan fingerprint density at radius 2 is 0.443 bits per heavy atom. The van der Waals surface area contributed by atoms with Gasteiger partial charge in [-0.15, -0.1) is 0 Å². The van der Waals surface area contributed by atoms with Crippen LogP contribution in [0.5, 0.6) is 5.75 Å². The molecule has 0 unspecified atom stereocenters. The molecule has 0 aromatic heterocycles. The zero-order valence-corrected chi connectivity index (χ0v) is 38.9. The van der Waals surface area contributed by atoms with Crippen LogP contribution in [0.3, 0.4) is 0 Å². The van der Waals surface area contributed by atoms with Crippen molar-refractivity contribution < 1.29 is 4.74 Å². The SMILES string of the molecule is COc1ccc(-c2cc(N(c3ccc(-c4ccccc4)cc3)c3ccc(-c4ccccc4)cc3)c(N(c3ccc(-c4ccccc4)cc3)c3ccc(-c4ccccc4)cc3)cc2-c2ccccc2)cc1. The molecule has 70 heavy (non-hydrogen) atoms. The molecule has 0 bridgehead atoms. The third-order valence-electron chi connectivity index (χ3n) is 13.0. The summed E-state index contributed by atoms with van der Waals surface area (Å²) in [5, 5.41) is 0. The Balaban J connectivity index is 1.19. The van der Waals surface area contributed by atoms with Gasteiger partial charge in [0.2, 0.25) is 0 Å². The molecule has 0 aliphatic heterocycles. The van der Waals surface area contributed by atoms with Crippen LogP contribution in [0.2, 0.25) is 0 Å². The molecular weight excluding hydrogens is 849 g/mol. The van der Waals surface area contributed by atoms with Gasteiger partial charge in [0.15, 0.2) is 0 Å². The molecule has 0 N–H and O–H groups in total. The third-order valence-corrected chi connectivity index (χ3v) is 13.0. The topological polar surface area (TPSA) is 15.7 Å². The fourth-order valence-corrected chi connectivity index (χ4v) is 9.39. The molecule has 334 valence electrons. The summed E-state index contributed by atoms with van der Waals surface area (Å²) in [6.45, 7) is 0. The van der Waals surface area contributed by atoms with Gasteiger partial charge in [-0.25, -0.2) is 0 Å². The molecule has 0 heterocycles. The van der Waals surface area contributed by atoms with Crippen LogP contribution < -0.4 is 14.5 Å². The molecule has 0 saturated carbocycles. The van der Waals surface area contributed by atoms with E-state index in [0.29, 0.717) is 0 Å². The maximum atomic E-state index is 5.69. The summed E-state index contributed by atoms with van der Waals surface area (Å²) < 4.78 is 5.69. The molecule has 11 rings (SSSR count). The maximum absolute atomic E-state index is 5.69. The highest BCUT2D eigenvalue weighted by atomic mass is 16.5. The minimum absolute atomic E-state index is 0.810. The first-order valence-corrected chi connectivity index (χ1v) is 23.8. The predicted octanol–water partition coefficient (Wildman–Crippen LogP) is 18.6. The van der Waals surface area contributed by atoms with Gasteiger partial charge in [-0.05, 0) is 140 Å². The molecule has 11 aromatic rings. The lowest BCUT2D eigenvalue weighted by molar-refractivity contribution is 0.415. The van der Waals surface area contributed by atoms with Gasteiger partial charge in [0.05, 0.1) is 18.5 Å². The van der Waals surface area contributed by atoms with Crippen LogP contribution in [0.4, 0.5) is 34.1 Å². The number of hydrogen-bond acceptors (Lipinski definition) is 3. The lowest BCUT2D eigenvalue weighted by Crippen LogP contribution is -2.17. The van der Waals surface area contributed by atoms with Crippen LogP contribution in [0.15, 0.2) is 285 Å². The van der Waals surface area contributed by atoms with E-state index in [1.165, 1.54) is 22.3 Å². The predicted molar refractivity (Wildman–Crippen MR) is 295 cm³/mol. The molecule has 11 aromatic carbocycles. The highest BCUT2D eigenvalue weighted by molar-refractivity contribution is 5.99. The first kappa shape index (κ1) is 43.4. The lowest BCUT2D eigenvalue weighted by Gasteiger charge is -2.35. The molecule has 0 atom stereocenters. The van der Waals surface area contributed by atoms with Gasteiger partial charge in [-0.1, -0.05) is 212 Å². The van der Waals surface area contributed by atoms with Crippen LogP contribution in [-0.2, 0) is 0 Å². The molecule has 3 nitrogen and oxygen atoms in total. The molecule has 3 heteroatoms. The number of anilines is 6. The standard InChI is InChI=1S/C67H50N2O/c1-70-63-45-35-58(36-46-63)65-48-67(69(61-41-31-55(32-42-61)51-21-11-4-12-22-51)62-43-33-56(34-44-62)52-23-13-5-14-24-52)66(47-64(65)57-25-15-6-16-26-57)68(59-37-27-53(28-38-59)49-17-7-2-8-18-49)60-39-29-54(30-40-60)50-19-9-3-10-20-50/h2-48H,1H3. The third kappa shape index (κ3) is 9.12. The van der Waals surface area contributed by atoms with Crippen molar-refractivity contribution in [2.75, 3.05) is 16.9 Å². The van der Waals surface area contributed by atoms with Gasteiger partial charge in [-0.3, -0.25) is 0 Å². The van der Waals surface area contributed by atoms with Crippen molar-refractivity contribution in [2.24, 2.45) is 0 Å². The minimum atomic E-state index is 0.810. The Morgan fingerprint density at radius 3 is 0.700 bits per heavy atom. The number of rotatable bonds is 13. The summed E-state index contributed by atoms with van der Waals surface area (Å²) >= 11 is 0. The fourth-order valence-electron chi connectivity index (χ4n) is 9.39. The van der Waals surface area contributed by atoms with E-state index in [4.69, 9.17) is 4.74 Å². The largest absolute Gasteiger partial charge is 0.497 e. The maximum Gasteiger partial charge on any atom is 0.118 e. The Bertz CT molecular complexity index is 3270. The molecule has 0 radical (unpaired) electrons. The average molecular weight is 899 g/mol. The van der Waals surface area contributed by atoms with Crippen LogP contribution >= 0.6 is 0 Å². The molecule has 0 aliphatic carbocycles. The van der Waals surface area contributed by atoms with Crippen molar-refractivity contribution in [3.8, 4) is 72.5 Å². The molecular formula is C67H50N2O. The highest BCUT2D eigenvalue weighted by Gasteiger charge is 2.26. The number of hydrogen-bond donors (Lipinski definition) is 0. The van der Waals surface area contributed by atoms with E-state index < -0.39 is 0 Å². The minimum Gasteiger partial charge on any atom is -0.497 e. The van der Waals surface area contributed by atoms with Crippen LogP contribution in [0.25, 0.3) is 66.8 Å². The highest BCUT2D eigenvalue weighted by Crippen LogP contribution is 2.51. The fraction of sp³-hybridized carbons (Fsp3) is 0.0149. The van der Waals surface area contributed by atoms with Crippen molar-refractivity contribution >= 4 is 34.1 Å². The summed E-state index contributed by atoms with van der Waals surface area (Å²) in [7, 11) is 1.72. The average Bonchev–Trinajstić information content (AvgIpc) is 3.45. The second kappa shape index (κ2) is 20.0. The zero-order valence-electron chi connectivity index (χ0n) is 38.9. The summed E-state index contributed by atoms with van der Waals surface area (Å²) in [5.41, 5.74) is 19.8. The van der Waals surface area contributed by atoms with Gasteiger partial charge in [0.25, 0.3) is 0 Å². The summed E-state index contributed by atoms with van der Waals surface area (Å²) in [6.07, 6.45) is 0. The molecule has 0 amide bonds. The summed E-state index contributed by atoms with van der Waals surface area (Å²) in [5.74, 6) is 0.810. The van der Waals surface area contributed by atoms with Crippen molar-refractivity contribution in [2.45, 2.75) is 0 Å². The number of ether oxygens (including phenoxy) is 1. The van der Waals surface area contributed by atoms with Gasteiger partial charge in [0, 0.05) is 22.7 Å². The smallest absolute Gasteiger partial charge is 0.118 e. The van der Waals surface area contributed by atoms with Crippen molar-refractivity contribution in [3.63, 3.8) is 0 Å². The molecule has 0 aliphatic rings. The van der Waals surface area contributed by atoms with E-state index >= 15 is 0 Å². The van der Waals surface area contributed by atoms with E-state index in [1.54, 1.807) is 7.11 Å². The molecule has 0 saturated heterocycles. The first-order valence-electron chi connectivity index (χ1n) is 23.8. The second-order valence-electron chi connectivity index (χ2n) is 17.3. The van der Waals surface area contributed by atoms with Crippen LogP contribution in [0.1, 0.15) is 0 Å². The number of benzene rings is 11. The van der Waals surface area contributed by atoms with Gasteiger partial charge in [-0.2, -0.15) is 0 Å². The van der Waals surface area contributed by atoms with Gasteiger partial charge >= 0.3 is 0 Å². The number of nitrogens with zero attached hydrogens (tertiary/aromatic N) is 2. The Hall–Kier alpha value is -9.18. The van der Waals surface area contributed by atoms with Crippen molar-refractivity contribution in [3.05, 3.63) is 285 Å². The zero-order chi connectivity index (χ0) is 47.1. The van der Waals surface area contributed by atoms with Gasteiger partial charge in [0.1, 0.15) is 5.75 Å². The second-order valence-corrected chi connectivity index (χ2v) is 17.3. The van der Waals surface area contributed by atoms with Crippen LogP contribution in [-0.4, -0.2) is 7.11 Å². The quantitative estimate of drug-likeness (QED) is 0.115. The molecule has 0 spiro atoms. The van der Waals surface area contributed by atoms with E-state index in [1.807, 2.05) is 0 Å². The number of methoxy groups -OCH3 is 1. The summed E-state index contributed by atoms with van der Waals surface area (Å²) in [4.78, 5) is 4.84. The van der Waals surface area contributed by atoms with Gasteiger partial charge < -0.3 is 14.5 Å². The van der Waals surface area contributed by atoms with E-state index in [9.17, 15) is 0 Å². The van der Waals surface area contributed by atoms with Crippen molar-refractivity contribution in [1.29, 1.82) is 0 Å². The molecule has 0 fully saturated rings. The monoisotopic (exact) mass is 898 g/mol. The normalized spacial score (nSPS) is 10.9. The van der Waals surface area contributed by atoms with Crippen molar-refractivity contribution in [1.82, 2.24) is 0 Å². The summed E-state index contributed by atoms with van der Waals surface area (Å²) in [6, 6.07) is 102. The Kier molecular flexibility index (Phi) is 12.4. The first-order chi connectivity index (χ1) is 34.7. The van der Waals surface area contributed by atoms with E-state index in [-0.39, 0.29) is 0 Å².